The van der Waals surface area contributed by atoms with E-state index in [2.05, 4.69) is 0 Å². The molecule has 0 spiro atoms. The smallest absolute Gasteiger partial charge is 0.360 e. The molecular formula is C14H25NO5P+. The molecule has 0 aromatic heterocycles. The number of aliphatic hydroxyl groups is 1. The average molecular weight is 318 g/mol. The van der Waals surface area contributed by atoms with Gasteiger partial charge in [-0.25, -0.2) is 0 Å². The summed E-state index contributed by atoms with van der Waals surface area (Å²) < 4.78 is 11.4. The maximum atomic E-state index is 11.4. The largest absolute Gasteiger partial charge is 0.481 e. The summed E-state index contributed by atoms with van der Waals surface area (Å²) in [4.78, 5) is 22.1. The van der Waals surface area contributed by atoms with Crippen molar-refractivity contribution < 1.29 is 24.4 Å². The van der Waals surface area contributed by atoms with E-state index in [9.17, 15) is 24.4 Å². The minimum atomic E-state index is -1.77. The summed E-state index contributed by atoms with van der Waals surface area (Å²) in [5.41, 5.74) is 5.03. The van der Waals surface area contributed by atoms with Crippen LogP contribution < -0.4 is 5.73 Å². The Morgan fingerprint density at radius 2 is 1.90 bits per heavy atom. The number of primary amides is 1. The third kappa shape index (κ3) is 5.71. The molecule has 1 fully saturated rings. The van der Waals surface area contributed by atoms with Gasteiger partial charge in [0.2, 0.25) is 5.91 Å². The molecule has 7 heteroatoms. The zero-order valence-corrected chi connectivity index (χ0v) is 13.2. The Morgan fingerprint density at radius 1 is 1.29 bits per heavy atom. The summed E-state index contributed by atoms with van der Waals surface area (Å²) in [5.74, 6) is -2.60. The second kappa shape index (κ2) is 8.44. The van der Waals surface area contributed by atoms with Crippen molar-refractivity contribution in [1.82, 2.24) is 0 Å². The zero-order chi connectivity index (χ0) is 15.9. The molecular weight excluding hydrogens is 293 g/mol. The van der Waals surface area contributed by atoms with E-state index in [1.807, 2.05) is 0 Å². The highest BCUT2D eigenvalue weighted by Gasteiger charge is 2.49. The van der Waals surface area contributed by atoms with Gasteiger partial charge in [-0.2, -0.15) is 0 Å². The van der Waals surface area contributed by atoms with E-state index in [4.69, 9.17) is 5.73 Å². The van der Waals surface area contributed by atoms with E-state index in [0.717, 1.165) is 25.7 Å². The lowest BCUT2D eigenvalue weighted by Gasteiger charge is -2.26. The standard InChI is InChI=1S/C14H24NO5P/c15-12(16)7-6-11(13(17)18)14(19,21-20)9-8-10-4-2-1-3-5-10/h10-11,19H,1-9H2,(H2,15,16)(H,17,18)/p+1. The molecule has 0 aromatic rings. The Kier molecular flexibility index (Phi) is 7.26. The summed E-state index contributed by atoms with van der Waals surface area (Å²) in [7, 11) is -1.13. The van der Waals surface area contributed by atoms with E-state index in [0.29, 0.717) is 12.3 Å². The molecule has 120 valence electrons. The molecule has 1 aliphatic carbocycles. The highest BCUT2D eigenvalue weighted by Crippen LogP contribution is 2.39. The molecule has 0 saturated heterocycles. The number of hydrogen-bond donors (Lipinski definition) is 3. The van der Waals surface area contributed by atoms with Crippen LogP contribution in [0.2, 0.25) is 0 Å². The van der Waals surface area contributed by atoms with Crippen molar-refractivity contribution in [2.75, 3.05) is 0 Å². The van der Waals surface area contributed by atoms with Crippen molar-refractivity contribution in [2.24, 2.45) is 17.6 Å². The molecule has 3 unspecified atom stereocenters. The number of carboxylic acid groups (broad SMARTS) is 1. The lowest BCUT2D eigenvalue weighted by Crippen LogP contribution is -2.38. The normalized spacial score (nSPS) is 20.8. The minimum absolute atomic E-state index is 0.0823. The van der Waals surface area contributed by atoms with Crippen molar-refractivity contribution in [3.63, 3.8) is 0 Å². The predicted octanol–water partition coefficient (Wildman–Crippen LogP) is 2.03. The lowest BCUT2D eigenvalue weighted by atomic mass is 9.83. The second-order valence-electron chi connectivity index (χ2n) is 5.96. The first-order valence-corrected chi connectivity index (χ1v) is 8.42. The molecule has 1 rings (SSSR count). The van der Waals surface area contributed by atoms with Gasteiger partial charge in [-0.3, -0.25) is 9.59 Å². The summed E-state index contributed by atoms with van der Waals surface area (Å²) in [5, 5.41) is 17.9. The van der Waals surface area contributed by atoms with E-state index in [-0.39, 0.29) is 19.3 Å². The number of carbonyl (C=O) groups excluding carboxylic acids is 1. The Balaban J connectivity index is 2.65. The van der Waals surface area contributed by atoms with Gasteiger partial charge >= 0.3 is 14.4 Å². The zero-order valence-electron chi connectivity index (χ0n) is 12.2. The van der Waals surface area contributed by atoms with Gasteiger partial charge in [0.25, 0.3) is 5.34 Å². The number of nitrogens with two attached hydrogens (primary N) is 1. The number of carbonyl (C=O) groups is 2. The third-order valence-electron chi connectivity index (χ3n) is 4.39. The van der Waals surface area contributed by atoms with Gasteiger partial charge < -0.3 is 15.9 Å². The van der Waals surface area contributed by atoms with Crippen LogP contribution in [0.15, 0.2) is 0 Å². The Hall–Kier alpha value is -1.00. The molecule has 0 radical (unpaired) electrons. The van der Waals surface area contributed by atoms with Gasteiger partial charge in [-0.05, 0) is 18.8 Å². The Labute approximate surface area is 126 Å². The molecule has 0 aliphatic heterocycles. The lowest BCUT2D eigenvalue weighted by molar-refractivity contribution is -0.148. The summed E-state index contributed by atoms with van der Waals surface area (Å²) in [6, 6.07) is 0. The van der Waals surface area contributed by atoms with Crippen LogP contribution >= 0.6 is 8.46 Å². The van der Waals surface area contributed by atoms with Gasteiger partial charge in [0.15, 0.2) is 0 Å². The first kappa shape index (κ1) is 18.1. The number of amides is 1. The Morgan fingerprint density at radius 3 is 2.38 bits per heavy atom. The van der Waals surface area contributed by atoms with Crippen molar-refractivity contribution in [1.29, 1.82) is 0 Å². The van der Waals surface area contributed by atoms with Crippen LogP contribution in [-0.2, 0) is 14.2 Å². The van der Waals surface area contributed by atoms with Crippen LogP contribution in [0.25, 0.3) is 0 Å². The van der Waals surface area contributed by atoms with Gasteiger partial charge in [0.1, 0.15) is 5.92 Å². The van der Waals surface area contributed by atoms with Gasteiger partial charge in [0, 0.05) is 12.8 Å². The van der Waals surface area contributed by atoms with Gasteiger partial charge in [-0.15, -0.1) is 0 Å². The molecule has 1 saturated carbocycles. The highest BCUT2D eigenvalue weighted by molar-refractivity contribution is 7.25. The molecule has 0 aromatic carbocycles. The SMILES string of the molecule is NC(=O)CCC(C(=O)O)C(O)(CCC1CCCCC1)[PH+]=O. The summed E-state index contributed by atoms with van der Waals surface area (Å²) in [6.07, 6.45) is 6.35. The van der Waals surface area contributed by atoms with Crippen LogP contribution in [0, 0.1) is 11.8 Å². The van der Waals surface area contributed by atoms with Crippen molar-refractivity contribution in [3.8, 4) is 0 Å². The maximum Gasteiger partial charge on any atom is 0.360 e. The van der Waals surface area contributed by atoms with Gasteiger partial charge in [-0.1, -0.05) is 36.7 Å². The number of rotatable bonds is 9. The molecule has 6 nitrogen and oxygen atoms in total. The predicted molar refractivity (Wildman–Crippen MR) is 79.3 cm³/mol. The topological polar surface area (TPSA) is 118 Å². The molecule has 1 aliphatic rings. The summed E-state index contributed by atoms with van der Waals surface area (Å²) >= 11 is 0. The third-order valence-corrected chi connectivity index (χ3v) is 5.34. The van der Waals surface area contributed by atoms with Crippen LogP contribution in [0.3, 0.4) is 0 Å². The minimum Gasteiger partial charge on any atom is -0.481 e. The van der Waals surface area contributed by atoms with E-state index >= 15 is 0 Å². The first-order valence-electron chi connectivity index (χ1n) is 7.52. The quantitative estimate of drug-likeness (QED) is 0.562. The van der Waals surface area contributed by atoms with E-state index in [1.54, 1.807) is 0 Å². The maximum absolute atomic E-state index is 11.4. The van der Waals surface area contributed by atoms with E-state index in [1.165, 1.54) is 6.42 Å². The van der Waals surface area contributed by atoms with Crippen LogP contribution in [0.5, 0.6) is 0 Å². The van der Waals surface area contributed by atoms with Crippen LogP contribution in [-0.4, -0.2) is 27.4 Å². The average Bonchev–Trinajstić information content (AvgIpc) is 2.45. The number of aliphatic carboxylic acids is 1. The van der Waals surface area contributed by atoms with Crippen LogP contribution in [0.1, 0.15) is 57.8 Å². The Bertz CT molecular complexity index is 384. The molecule has 0 heterocycles. The molecule has 0 bridgehead atoms. The van der Waals surface area contributed by atoms with E-state index < -0.39 is 31.6 Å². The molecule has 3 atom stereocenters. The van der Waals surface area contributed by atoms with Crippen molar-refractivity contribution in [3.05, 3.63) is 0 Å². The van der Waals surface area contributed by atoms with Crippen molar-refractivity contribution >= 4 is 20.3 Å². The fraction of sp³-hybridized carbons (Fsp3) is 0.857. The number of hydrogen-bond acceptors (Lipinski definition) is 4. The highest BCUT2D eigenvalue weighted by atomic mass is 31.1. The summed E-state index contributed by atoms with van der Waals surface area (Å²) in [6.45, 7) is 0. The first-order chi connectivity index (χ1) is 9.89. The number of carboxylic acids is 1. The fourth-order valence-corrected chi connectivity index (χ4v) is 3.71. The molecule has 4 N–H and O–H groups in total. The van der Waals surface area contributed by atoms with Gasteiger partial charge in [0.05, 0.1) is 0 Å². The second-order valence-corrected chi connectivity index (χ2v) is 7.03. The molecule has 1 amide bonds. The fourth-order valence-electron chi connectivity index (χ4n) is 3.05. The van der Waals surface area contributed by atoms with Crippen molar-refractivity contribution in [2.45, 2.75) is 63.1 Å². The monoisotopic (exact) mass is 318 g/mol. The van der Waals surface area contributed by atoms with Crippen LogP contribution in [0.4, 0.5) is 0 Å². The molecule has 21 heavy (non-hydrogen) atoms.